The number of ether oxygens (including phenoxy) is 1. The molecule has 0 aliphatic heterocycles. The molecule has 3 aromatic carbocycles. The highest BCUT2D eigenvalue weighted by molar-refractivity contribution is 6.01. The molecule has 31 heavy (non-hydrogen) atoms. The van der Waals surface area contributed by atoms with Crippen LogP contribution in [0.15, 0.2) is 109 Å². The van der Waals surface area contributed by atoms with Gasteiger partial charge in [0.25, 0.3) is 0 Å². The van der Waals surface area contributed by atoms with Crippen molar-refractivity contribution in [3.63, 3.8) is 0 Å². The summed E-state index contributed by atoms with van der Waals surface area (Å²) >= 11 is 0. The zero-order valence-corrected chi connectivity index (χ0v) is 17.1. The van der Waals surface area contributed by atoms with Crippen molar-refractivity contribution >= 4 is 5.71 Å². The van der Waals surface area contributed by atoms with Crippen LogP contribution in [0.2, 0.25) is 0 Å². The quantitative estimate of drug-likeness (QED) is 0.206. The average Bonchev–Trinajstić information content (AvgIpc) is 2.85. The Morgan fingerprint density at radius 3 is 2.32 bits per heavy atom. The van der Waals surface area contributed by atoms with Gasteiger partial charge in [-0.25, -0.2) is 0 Å². The minimum absolute atomic E-state index is 0.358. The van der Waals surface area contributed by atoms with Crippen LogP contribution in [0.25, 0.3) is 11.1 Å². The Balaban J connectivity index is 1.45. The number of hydrogen-bond donors (Lipinski definition) is 0. The van der Waals surface area contributed by atoms with Gasteiger partial charge in [0.1, 0.15) is 12.4 Å². The lowest BCUT2D eigenvalue weighted by molar-refractivity contribution is 0.107. The molecule has 0 aliphatic rings. The van der Waals surface area contributed by atoms with Gasteiger partial charge in [-0.15, -0.1) is 0 Å². The van der Waals surface area contributed by atoms with Gasteiger partial charge in [-0.05, 0) is 52.6 Å². The van der Waals surface area contributed by atoms with Crippen LogP contribution in [0.1, 0.15) is 11.1 Å². The molecule has 0 aliphatic carbocycles. The van der Waals surface area contributed by atoms with E-state index >= 15 is 0 Å². The van der Waals surface area contributed by atoms with Crippen LogP contribution in [0.3, 0.4) is 0 Å². The number of aromatic nitrogens is 1. The molecule has 0 atom stereocenters. The lowest BCUT2D eigenvalue weighted by Crippen LogP contribution is -2.09. The lowest BCUT2D eigenvalue weighted by Gasteiger charge is -2.10. The van der Waals surface area contributed by atoms with Crippen molar-refractivity contribution in [1.82, 2.24) is 4.98 Å². The molecule has 4 aromatic rings. The average molecular weight is 407 g/mol. The zero-order chi connectivity index (χ0) is 21.1. The number of oxime groups is 1. The summed E-state index contributed by atoms with van der Waals surface area (Å²) in [5.74, 6) is 0.767. The zero-order valence-electron chi connectivity index (χ0n) is 17.1. The molecule has 4 heteroatoms. The van der Waals surface area contributed by atoms with Gasteiger partial charge >= 0.3 is 0 Å². The molecule has 0 N–H and O–H groups in total. The van der Waals surface area contributed by atoms with Crippen molar-refractivity contribution in [2.45, 2.75) is 6.42 Å². The van der Waals surface area contributed by atoms with E-state index in [-0.39, 0.29) is 0 Å². The third-order valence-corrected chi connectivity index (χ3v) is 4.74. The van der Waals surface area contributed by atoms with Gasteiger partial charge in [-0.3, -0.25) is 4.98 Å². The van der Waals surface area contributed by atoms with Crippen molar-refractivity contribution in [3.8, 4) is 16.9 Å². The Labute approximate surface area is 182 Å². The van der Waals surface area contributed by atoms with Crippen LogP contribution in [-0.2, 0) is 11.3 Å². The van der Waals surface area contributed by atoms with E-state index < -0.39 is 0 Å². The minimum Gasteiger partial charge on any atom is -0.490 e. The first-order chi connectivity index (χ1) is 15.4. The molecule has 4 rings (SSSR count). The number of benzene rings is 3. The summed E-state index contributed by atoms with van der Waals surface area (Å²) in [6, 6.07) is 33.1. The Hall–Kier alpha value is -3.92. The first-order valence-corrected chi connectivity index (χ1v) is 10.2. The highest BCUT2D eigenvalue weighted by atomic mass is 16.6. The van der Waals surface area contributed by atoms with Crippen molar-refractivity contribution in [2.75, 3.05) is 13.2 Å². The van der Waals surface area contributed by atoms with Crippen molar-refractivity contribution in [3.05, 3.63) is 121 Å². The third-order valence-electron chi connectivity index (χ3n) is 4.74. The fraction of sp³-hybridized carbons (Fsp3) is 0.111. The van der Waals surface area contributed by atoms with Gasteiger partial charge in [-0.2, -0.15) is 0 Å². The Bertz CT molecular complexity index is 1080. The van der Waals surface area contributed by atoms with Crippen LogP contribution in [-0.4, -0.2) is 23.9 Å². The summed E-state index contributed by atoms with van der Waals surface area (Å²) in [6.45, 7) is 0.772. The molecule has 0 saturated carbocycles. The van der Waals surface area contributed by atoms with Crippen LogP contribution < -0.4 is 4.74 Å². The molecule has 1 aromatic heterocycles. The number of nitrogens with zero attached hydrogens (tertiary/aromatic N) is 2. The molecular weight excluding hydrogens is 384 g/mol. The van der Waals surface area contributed by atoms with Crippen LogP contribution in [0, 0.1) is 6.07 Å². The Kier molecular flexibility index (Phi) is 7.05. The van der Waals surface area contributed by atoms with Crippen molar-refractivity contribution in [1.29, 1.82) is 0 Å². The third kappa shape index (κ3) is 6.03. The van der Waals surface area contributed by atoms with Gasteiger partial charge in [0, 0.05) is 18.8 Å². The molecule has 0 saturated heterocycles. The fourth-order valence-electron chi connectivity index (χ4n) is 3.15. The summed E-state index contributed by atoms with van der Waals surface area (Å²) in [7, 11) is 0. The SMILES string of the molecule is [c]1cccc(OCCON=C(Cc2ccncc2)c2ccc(-c3ccccc3)cc2)c1. The smallest absolute Gasteiger partial charge is 0.151 e. The topological polar surface area (TPSA) is 43.7 Å². The fourth-order valence-corrected chi connectivity index (χ4v) is 3.15. The maximum Gasteiger partial charge on any atom is 0.151 e. The number of hydrogen-bond acceptors (Lipinski definition) is 4. The van der Waals surface area contributed by atoms with E-state index in [1.54, 1.807) is 18.5 Å². The lowest BCUT2D eigenvalue weighted by atomic mass is 9.99. The standard InChI is InChI=1S/C27H23N2O2/c1-3-7-23(8-4-1)24-11-13-25(14-12-24)27(21-22-15-17-28-18-16-22)29-31-20-19-30-26-9-5-2-6-10-26/h1-5,7-18H,19-21H2. The Morgan fingerprint density at radius 2 is 1.58 bits per heavy atom. The van der Waals surface area contributed by atoms with Gasteiger partial charge < -0.3 is 9.57 Å². The second-order valence-corrected chi connectivity index (χ2v) is 6.93. The van der Waals surface area contributed by atoms with Gasteiger partial charge in [-0.1, -0.05) is 71.9 Å². The predicted molar refractivity (Wildman–Crippen MR) is 123 cm³/mol. The maximum atomic E-state index is 5.64. The molecule has 0 amide bonds. The normalized spacial score (nSPS) is 11.2. The minimum atomic E-state index is 0.358. The van der Waals surface area contributed by atoms with E-state index in [0.717, 1.165) is 22.6 Å². The monoisotopic (exact) mass is 407 g/mol. The molecule has 0 unspecified atom stereocenters. The molecular formula is C27H23N2O2. The summed E-state index contributed by atoms with van der Waals surface area (Å²) in [6.07, 6.45) is 4.23. The molecule has 0 bridgehead atoms. The van der Waals surface area contributed by atoms with Gasteiger partial charge in [0.2, 0.25) is 0 Å². The predicted octanol–water partition coefficient (Wildman–Crippen LogP) is 5.59. The van der Waals surface area contributed by atoms with Crippen LogP contribution in [0.5, 0.6) is 5.75 Å². The molecule has 153 valence electrons. The second-order valence-electron chi connectivity index (χ2n) is 6.93. The first kappa shape index (κ1) is 20.4. The van der Waals surface area contributed by atoms with Crippen molar-refractivity contribution in [2.24, 2.45) is 5.16 Å². The summed E-state index contributed by atoms with van der Waals surface area (Å²) in [4.78, 5) is 9.69. The molecule has 0 fully saturated rings. The maximum absolute atomic E-state index is 5.64. The first-order valence-electron chi connectivity index (χ1n) is 10.2. The largest absolute Gasteiger partial charge is 0.490 e. The second kappa shape index (κ2) is 10.7. The molecule has 1 heterocycles. The summed E-state index contributed by atoms with van der Waals surface area (Å²) in [5.41, 5.74) is 5.37. The molecule has 0 spiro atoms. The van der Waals surface area contributed by atoms with Crippen molar-refractivity contribution < 1.29 is 9.57 Å². The Morgan fingerprint density at radius 1 is 0.806 bits per heavy atom. The summed E-state index contributed by atoms with van der Waals surface area (Å²) < 4.78 is 5.64. The molecule has 4 nitrogen and oxygen atoms in total. The van der Waals surface area contributed by atoms with Crippen LogP contribution >= 0.6 is 0 Å². The van der Waals surface area contributed by atoms with E-state index in [4.69, 9.17) is 9.57 Å². The van der Waals surface area contributed by atoms with E-state index in [2.05, 4.69) is 52.6 Å². The number of pyridine rings is 1. The van der Waals surface area contributed by atoms with E-state index in [1.807, 2.05) is 48.5 Å². The van der Waals surface area contributed by atoms with E-state index in [1.165, 1.54) is 11.1 Å². The highest BCUT2D eigenvalue weighted by Gasteiger charge is 2.08. The molecule has 1 radical (unpaired) electrons. The van der Waals surface area contributed by atoms with E-state index in [0.29, 0.717) is 19.6 Å². The summed E-state index contributed by atoms with van der Waals surface area (Å²) in [5, 5.41) is 4.43. The van der Waals surface area contributed by atoms with Crippen LogP contribution in [0.4, 0.5) is 0 Å². The van der Waals surface area contributed by atoms with Gasteiger partial charge in [0.05, 0.1) is 5.71 Å². The highest BCUT2D eigenvalue weighted by Crippen LogP contribution is 2.20. The number of rotatable bonds is 9. The van der Waals surface area contributed by atoms with Gasteiger partial charge in [0.15, 0.2) is 6.61 Å². The van der Waals surface area contributed by atoms with E-state index in [9.17, 15) is 0 Å².